The summed E-state index contributed by atoms with van der Waals surface area (Å²) >= 11 is 0. The first-order valence-electron chi connectivity index (χ1n) is 11.4. The lowest BCUT2D eigenvalue weighted by molar-refractivity contribution is 0.0685. The van der Waals surface area contributed by atoms with Gasteiger partial charge in [0.1, 0.15) is 11.5 Å². The summed E-state index contributed by atoms with van der Waals surface area (Å²) in [7, 11) is 0. The predicted octanol–water partition coefficient (Wildman–Crippen LogP) is 4.68. The highest BCUT2D eigenvalue weighted by molar-refractivity contribution is 5.93. The van der Waals surface area contributed by atoms with Gasteiger partial charge in [-0.25, -0.2) is 19.2 Å². The van der Waals surface area contributed by atoms with Crippen molar-refractivity contribution in [2.45, 2.75) is 6.92 Å². The Morgan fingerprint density at radius 3 is 1.38 bits per heavy atom. The van der Waals surface area contributed by atoms with Gasteiger partial charge in [0.25, 0.3) is 0 Å². The summed E-state index contributed by atoms with van der Waals surface area (Å²) in [5, 5.41) is 17.7. The number of hydrogen-bond acceptors (Lipinski definition) is 8. The van der Waals surface area contributed by atoms with E-state index in [0.717, 1.165) is 0 Å². The second kappa shape index (κ2) is 12.5. The Morgan fingerprint density at radius 1 is 0.564 bits per heavy atom. The number of hydrogen-bond donors (Lipinski definition) is 4. The Hall–Kier alpha value is -5.64. The molecule has 0 aliphatic heterocycles. The van der Waals surface area contributed by atoms with E-state index in [1.807, 2.05) is 0 Å². The van der Waals surface area contributed by atoms with Gasteiger partial charge in [0.2, 0.25) is 0 Å². The second-order valence-corrected chi connectivity index (χ2v) is 8.13. The van der Waals surface area contributed by atoms with Crippen LogP contribution in [0.25, 0.3) is 0 Å². The number of anilines is 2. The van der Waals surface area contributed by atoms with Crippen LogP contribution in [-0.4, -0.2) is 34.1 Å². The molecule has 0 heterocycles. The molecule has 0 aliphatic carbocycles. The fourth-order valence-electron chi connectivity index (χ4n) is 3.18. The number of nitrogen functional groups attached to an aromatic ring is 2. The van der Waals surface area contributed by atoms with Gasteiger partial charge in [-0.05, 0) is 103 Å². The minimum Gasteiger partial charge on any atom is -0.478 e. The maximum Gasteiger partial charge on any atom is 0.343 e. The molecule has 0 spiro atoms. The van der Waals surface area contributed by atoms with E-state index in [1.54, 1.807) is 55.5 Å². The highest BCUT2D eigenvalue weighted by Gasteiger charge is 2.12. The van der Waals surface area contributed by atoms with E-state index < -0.39 is 23.9 Å². The molecule has 0 saturated carbocycles. The van der Waals surface area contributed by atoms with E-state index in [9.17, 15) is 19.2 Å². The highest BCUT2D eigenvalue weighted by atomic mass is 16.5. The third-order valence-electron chi connectivity index (χ3n) is 5.24. The van der Waals surface area contributed by atoms with Gasteiger partial charge in [-0.3, -0.25) is 0 Å². The van der Waals surface area contributed by atoms with Crippen LogP contribution in [0.3, 0.4) is 0 Å². The molecule has 6 N–H and O–H groups in total. The molecule has 0 aromatic heterocycles. The molecule has 4 aromatic rings. The highest BCUT2D eigenvalue weighted by Crippen LogP contribution is 2.19. The van der Waals surface area contributed by atoms with Crippen molar-refractivity contribution in [1.29, 1.82) is 0 Å². The minimum atomic E-state index is -1.03. The molecule has 0 amide bonds. The molecular weight excluding hydrogens is 504 g/mol. The van der Waals surface area contributed by atoms with Gasteiger partial charge in [0.15, 0.2) is 0 Å². The van der Waals surface area contributed by atoms with Gasteiger partial charge in [0, 0.05) is 11.4 Å². The zero-order valence-electron chi connectivity index (χ0n) is 20.7. The molecule has 0 saturated heterocycles. The lowest BCUT2D eigenvalue weighted by Gasteiger charge is -2.07. The number of esters is 2. The summed E-state index contributed by atoms with van der Waals surface area (Å²) in [6.45, 7) is 1.64. The van der Waals surface area contributed by atoms with E-state index in [2.05, 4.69) is 0 Å². The largest absolute Gasteiger partial charge is 0.478 e. The van der Waals surface area contributed by atoms with Crippen LogP contribution in [-0.2, 0) is 0 Å². The first-order chi connectivity index (χ1) is 18.5. The summed E-state index contributed by atoms with van der Waals surface area (Å²) in [6.07, 6.45) is 0. The molecule has 10 nitrogen and oxygen atoms in total. The van der Waals surface area contributed by atoms with Crippen molar-refractivity contribution in [1.82, 2.24) is 0 Å². The fraction of sp³-hybridized carbons (Fsp3) is 0.0345. The number of aryl methyl sites for hydroxylation is 1. The Bertz CT molecular complexity index is 1500. The van der Waals surface area contributed by atoms with Crippen molar-refractivity contribution >= 4 is 35.3 Å². The van der Waals surface area contributed by atoms with Gasteiger partial charge in [-0.1, -0.05) is 0 Å². The van der Waals surface area contributed by atoms with Crippen LogP contribution in [0.2, 0.25) is 0 Å². The monoisotopic (exact) mass is 528 g/mol. The molecule has 0 aliphatic rings. The van der Waals surface area contributed by atoms with Crippen LogP contribution in [0, 0.1) is 6.92 Å². The van der Waals surface area contributed by atoms with E-state index in [1.165, 1.54) is 42.5 Å². The SMILES string of the molecule is Cc1cc(OC(=O)c2ccc(N)cc2)ccc1C(=O)O.Nc1ccc(C(=O)Oc2ccc(C(=O)O)cc2)cc1. The number of carboxylic acid groups (broad SMARTS) is 2. The maximum atomic E-state index is 11.9. The van der Waals surface area contributed by atoms with Crippen LogP contribution in [0.5, 0.6) is 11.5 Å². The number of carbonyl (C=O) groups is 4. The van der Waals surface area contributed by atoms with Gasteiger partial charge in [-0.15, -0.1) is 0 Å². The van der Waals surface area contributed by atoms with Crippen molar-refractivity contribution in [2.24, 2.45) is 0 Å². The molecule has 198 valence electrons. The molecule has 0 atom stereocenters. The zero-order chi connectivity index (χ0) is 28.5. The van der Waals surface area contributed by atoms with Crippen LogP contribution in [0.1, 0.15) is 47.0 Å². The molecular formula is C29H24N2O8. The summed E-state index contributed by atoms with van der Waals surface area (Å²) in [6, 6.07) is 22.6. The van der Waals surface area contributed by atoms with Crippen molar-refractivity contribution in [3.63, 3.8) is 0 Å². The third-order valence-corrected chi connectivity index (χ3v) is 5.24. The van der Waals surface area contributed by atoms with E-state index >= 15 is 0 Å². The third kappa shape index (κ3) is 7.92. The average molecular weight is 529 g/mol. The number of ether oxygens (including phenoxy) is 2. The van der Waals surface area contributed by atoms with Crippen molar-refractivity contribution in [3.05, 3.63) is 119 Å². The summed E-state index contributed by atoms with van der Waals surface area (Å²) in [4.78, 5) is 45.2. The second-order valence-electron chi connectivity index (χ2n) is 8.13. The quantitative estimate of drug-likeness (QED) is 0.156. The van der Waals surface area contributed by atoms with Crippen LogP contribution < -0.4 is 20.9 Å². The smallest absolute Gasteiger partial charge is 0.343 e. The number of benzene rings is 4. The normalized spacial score (nSPS) is 9.97. The van der Waals surface area contributed by atoms with Crippen molar-refractivity contribution in [3.8, 4) is 11.5 Å². The van der Waals surface area contributed by atoms with Gasteiger partial charge in [-0.2, -0.15) is 0 Å². The lowest BCUT2D eigenvalue weighted by atomic mass is 10.1. The Morgan fingerprint density at radius 2 is 0.974 bits per heavy atom. The molecule has 0 radical (unpaired) electrons. The number of nitrogens with two attached hydrogens (primary N) is 2. The summed E-state index contributed by atoms with van der Waals surface area (Å²) in [5.41, 5.74) is 13.8. The van der Waals surface area contributed by atoms with Gasteiger partial charge >= 0.3 is 23.9 Å². The lowest BCUT2D eigenvalue weighted by Crippen LogP contribution is -2.09. The number of rotatable bonds is 6. The molecule has 39 heavy (non-hydrogen) atoms. The first kappa shape index (κ1) is 27.9. The average Bonchev–Trinajstić information content (AvgIpc) is 2.90. The number of aromatic carboxylic acids is 2. The van der Waals surface area contributed by atoms with Crippen LogP contribution in [0.4, 0.5) is 11.4 Å². The topological polar surface area (TPSA) is 179 Å². The zero-order valence-corrected chi connectivity index (χ0v) is 20.7. The van der Waals surface area contributed by atoms with Crippen LogP contribution >= 0.6 is 0 Å². The standard InChI is InChI=1S/C15H13NO4.C14H11NO4/c1-9-8-12(6-7-13(9)14(17)18)20-15(19)10-2-4-11(16)5-3-10;15-11-5-1-10(2-6-11)14(18)19-12-7-3-9(4-8-12)13(16)17/h2-8H,16H2,1H3,(H,17,18);1-8H,15H2,(H,16,17). The van der Waals surface area contributed by atoms with E-state index in [0.29, 0.717) is 33.8 Å². The molecule has 0 unspecified atom stereocenters. The molecule has 4 rings (SSSR count). The Balaban J connectivity index is 0.000000216. The van der Waals surface area contributed by atoms with Gasteiger partial charge in [0.05, 0.1) is 22.3 Å². The summed E-state index contributed by atoms with van der Waals surface area (Å²) in [5.74, 6) is -2.51. The Labute approximate surface area is 223 Å². The number of carbonyl (C=O) groups excluding carboxylic acids is 2. The minimum absolute atomic E-state index is 0.132. The van der Waals surface area contributed by atoms with Crippen LogP contribution in [0.15, 0.2) is 91.0 Å². The molecule has 10 heteroatoms. The van der Waals surface area contributed by atoms with Crippen molar-refractivity contribution < 1.29 is 38.9 Å². The molecule has 4 aromatic carbocycles. The molecule has 0 bridgehead atoms. The first-order valence-corrected chi connectivity index (χ1v) is 11.4. The Kier molecular flexibility index (Phi) is 8.99. The van der Waals surface area contributed by atoms with E-state index in [4.69, 9.17) is 31.2 Å². The number of carboxylic acids is 2. The van der Waals surface area contributed by atoms with Crippen molar-refractivity contribution in [2.75, 3.05) is 11.5 Å². The van der Waals surface area contributed by atoms with Gasteiger partial charge < -0.3 is 31.2 Å². The maximum absolute atomic E-state index is 11.9. The fourth-order valence-corrected chi connectivity index (χ4v) is 3.18. The predicted molar refractivity (Wildman–Crippen MR) is 143 cm³/mol. The molecule has 0 fully saturated rings. The summed E-state index contributed by atoms with van der Waals surface area (Å²) < 4.78 is 10.3. The van der Waals surface area contributed by atoms with E-state index in [-0.39, 0.29) is 16.9 Å².